The third kappa shape index (κ3) is 3.52. The number of ether oxygens (including phenoxy) is 2. The molecular weight excluding hydrogens is 352 g/mol. The Balaban J connectivity index is 1.45. The second-order valence-corrected chi connectivity index (χ2v) is 7.99. The number of likely N-dealkylation sites (tertiary alicyclic amines) is 1. The highest BCUT2D eigenvalue weighted by Gasteiger charge is 2.46. The van der Waals surface area contributed by atoms with Crippen molar-refractivity contribution in [3.63, 3.8) is 0 Å². The number of hydrogen-bond donors (Lipinski definition) is 1. The molecule has 2 amide bonds. The smallest absolute Gasteiger partial charge is 0.321 e. The molecule has 1 atom stereocenters. The van der Waals surface area contributed by atoms with E-state index in [2.05, 4.69) is 17.4 Å². The molecule has 0 saturated carbocycles. The standard InChI is InChI=1S/C23H28N2O3/c1-16(2)27-13-18-8-6-10-21(17(18)3)24-22(26)25-12-11-23(15-25)20-9-5-4-7-19(20)14-28-23/h4-10,16H,11-15H2,1-3H3,(H,24,26). The summed E-state index contributed by atoms with van der Waals surface area (Å²) in [5.74, 6) is 0. The van der Waals surface area contributed by atoms with Crippen LogP contribution < -0.4 is 5.32 Å². The molecule has 0 aliphatic carbocycles. The van der Waals surface area contributed by atoms with E-state index in [-0.39, 0.29) is 17.7 Å². The number of benzene rings is 2. The van der Waals surface area contributed by atoms with E-state index in [1.54, 1.807) is 0 Å². The largest absolute Gasteiger partial charge is 0.374 e. The number of urea groups is 1. The highest BCUT2D eigenvalue weighted by atomic mass is 16.5. The first-order valence-corrected chi connectivity index (χ1v) is 9.97. The van der Waals surface area contributed by atoms with Crippen molar-refractivity contribution in [2.24, 2.45) is 0 Å². The zero-order valence-electron chi connectivity index (χ0n) is 16.8. The van der Waals surface area contributed by atoms with Crippen molar-refractivity contribution in [2.45, 2.75) is 52.1 Å². The molecule has 4 rings (SSSR count). The van der Waals surface area contributed by atoms with Gasteiger partial charge in [-0.1, -0.05) is 36.4 Å². The lowest BCUT2D eigenvalue weighted by Crippen LogP contribution is -2.37. The van der Waals surface area contributed by atoms with Crippen molar-refractivity contribution in [3.05, 3.63) is 64.7 Å². The van der Waals surface area contributed by atoms with E-state index in [0.717, 1.165) is 23.2 Å². The summed E-state index contributed by atoms with van der Waals surface area (Å²) < 4.78 is 11.9. The molecule has 5 heteroatoms. The Morgan fingerprint density at radius 2 is 2.07 bits per heavy atom. The molecule has 2 aromatic carbocycles. The zero-order chi connectivity index (χ0) is 19.7. The van der Waals surface area contributed by atoms with Crippen molar-refractivity contribution in [2.75, 3.05) is 18.4 Å². The maximum Gasteiger partial charge on any atom is 0.321 e. The van der Waals surface area contributed by atoms with Crippen LogP contribution in [0.25, 0.3) is 0 Å². The van der Waals surface area contributed by atoms with Gasteiger partial charge in [-0.2, -0.15) is 0 Å². The number of fused-ring (bicyclic) bond motifs is 2. The summed E-state index contributed by atoms with van der Waals surface area (Å²) in [6, 6.07) is 14.2. The van der Waals surface area contributed by atoms with Gasteiger partial charge in [0.2, 0.25) is 0 Å². The molecule has 2 aliphatic rings. The van der Waals surface area contributed by atoms with Gasteiger partial charge >= 0.3 is 6.03 Å². The van der Waals surface area contributed by atoms with Crippen LogP contribution in [0, 0.1) is 6.92 Å². The molecule has 1 spiro atoms. The quantitative estimate of drug-likeness (QED) is 0.844. The monoisotopic (exact) mass is 380 g/mol. The third-order valence-corrected chi connectivity index (χ3v) is 5.79. The van der Waals surface area contributed by atoms with Gasteiger partial charge in [-0.25, -0.2) is 4.79 Å². The minimum Gasteiger partial charge on any atom is -0.374 e. The predicted molar refractivity (Wildman–Crippen MR) is 109 cm³/mol. The molecule has 1 unspecified atom stereocenters. The Kier molecular flexibility index (Phi) is 5.13. The van der Waals surface area contributed by atoms with Crippen molar-refractivity contribution in [1.29, 1.82) is 0 Å². The Labute approximate surface area is 166 Å². The lowest BCUT2D eigenvalue weighted by atomic mass is 9.92. The molecule has 2 aliphatic heterocycles. The summed E-state index contributed by atoms with van der Waals surface area (Å²) >= 11 is 0. The summed E-state index contributed by atoms with van der Waals surface area (Å²) in [6.45, 7) is 8.52. The molecule has 5 nitrogen and oxygen atoms in total. The first-order chi connectivity index (χ1) is 13.5. The van der Waals surface area contributed by atoms with Crippen LogP contribution in [0.1, 0.15) is 42.5 Å². The Hall–Kier alpha value is -2.37. The SMILES string of the molecule is Cc1c(COC(C)C)cccc1NC(=O)N1CCC2(C1)OCc1ccccc12. The maximum atomic E-state index is 12.9. The summed E-state index contributed by atoms with van der Waals surface area (Å²) in [5.41, 5.74) is 5.09. The summed E-state index contributed by atoms with van der Waals surface area (Å²) in [6.07, 6.45) is 1.01. The van der Waals surface area contributed by atoms with Crippen LogP contribution in [-0.2, 0) is 28.3 Å². The number of amides is 2. The lowest BCUT2D eigenvalue weighted by Gasteiger charge is -2.25. The molecule has 1 saturated heterocycles. The fourth-order valence-electron chi connectivity index (χ4n) is 4.10. The number of nitrogens with one attached hydrogen (secondary N) is 1. The number of anilines is 1. The van der Waals surface area contributed by atoms with E-state index >= 15 is 0 Å². The van der Waals surface area contributed by atoms with Crippen LogP contribution in [0.3, 0.4) is 0 Å². The van der Waals surface area contributed by atoms with Crippen molar-refractivity contribution >= 4 is 11.7 Å². The topological polar surface area (TPSA) is 50.8 Å². The zero-order valence-corrected chi connectivity index (χ0v) is 16.8. The summed E-state index contributed by atoms with van der Waals surface area (Å²) in [4.78, 5) is 14.8. The van der Waals surface area contributed by atoms with E-state index in [1.807, 2.05) is 56.0 Å². The predicted octanol–water partition coefficient (Wildman–Crippen LogP) is 4.58. The van der Waals surface area contributed by atoms with E-state index in [9.17, 15) is 4.79 Å². The molecule has 2 aromatic rings. The second-order valence-electron chi connectivity index (χ2n) is 7.99. The van der Waals surface area contributed by atoms with Gasteiger partial charge in [0.1, 0.15) is 5.60 Å². The van der Waals surface area contributed by atoms with Crippen LogP contribution in [0.5, 0.6) is 0 Å². The second kappa shape index (κ2) is 7.57. The van der Waals surface area contributed by atoms with E-state index in [1.165, 1.54) is 11.1 Å². The first kappa shape index (κ1) is 19.0. The molecular formula is C23H28N2O3. The van der Waals surface area contributed by atoms with Gasteiger partial charge in [0, 0.05) is 18.7 Å². The molecule has 2 heterocycles. The highest BCUT2D eigenvalue weighted by Crippen LogP contribution is 2.43. The number of carbonyl (C=O) groups is 1. The van der Waals surface area contributed by atoms with Crippen LogP contribution >= 0.6 is 0 Å². The Morgan fingerprint density at radius 1 is 1.25 bits per heavy atom. The molecule has 0 aromatic heterocycles. The Morgan fingerprint density at radius 3 is 2.89 bits per heavy atom. The van der Waals surface area contributed by atoms with E-state index < -0.39 is 0 Å². The maximum absolute atomic E-state index is 12.9. The summed E-state index contributed by atoms with van der Waals surface area (Å²) in [5, 5.41) is 3.09. The normalized spacial score (nSPS) is 20.8. The highest BCUT2D eigenvalue weighted by molar-refractivity contribution is 5.90. The number of hydrogen-bond acceptors (Lipinski definition) is 3. The fraction of sp³-hybridized carbons (Fsp3) is 0.435. The molecule has 28 heavy (non-hydrogen) atoms. The lowest BCUT2D eigenvalue weighted by molar-refractivity contribution is -0.0269. The summed E-state index contributed by atoms with van der Waals surface area (Å²) in [7, 11) is 0. The first-order valence-electron chi connectivity index (χ1n) is 9.97. The van der Waals surface area contributed by atoms with Crippen LogP contribution in [0.4, 0.5) is 10.5 Å². The Bertz CT molecular complexity index is 880. The van der Waals surface area contributed by atoms with Crippen molar-refractivity contribution in [1.82, 2.24) is 4.90 Å². The van der Waals surface area contributed by atoms with Gasteiger partial charge in [0.15, 0.2) is 0 Å². The van der Waals surface area contributed by atoms with Crippen molar-refractivity contribution < 1.29 is 14.3 Å². The fourth-order valence-corrected chi connectivity index (χ4v) is 4.10. The molecule has 1 fully saturated rings. The van der Waals surface area contributed by atoms with Gasteiger partial charge in [-0.3, -0.25) is 0 Å². The average molecular weight is 380 g/mol. The van der Waals surface area contributed by atoms with Gasteiger partial charge in [0.25, 0.3) is 0 Å². The minimum absolute atomic E-state index is 0.0742. The van der Waals surface area contributed by atoms with Crippen molar-refractivity contribution in [3.8, 4) is 0 Å². The van der Waals surface area contributed by atoms with Gasteiger partial charge in [-0.05, 0) is 49.1 Å². The van der Waals surface area contributed by atoms with E-state index in [4.69, 9.17) is 9.47 Å². The van der Waals surface area contributed by atoms with E-state index in [0.29, 0.717) is 26.3 Å². The van der Waals surface area contributed by atoms with Crippen LogP contribution in [-0.4, -0.2) is 30.1 Å². The van der Waals surface area contributed by atoms with Gasteiger partial charge in [-0.15, -0.1) is 0 Å². The molecule has 1 N–H and O–H groups in total. The van der Waals surface area contributed by atoms with Gasteiger partial charge in [0.05, 0.1) is 25.9 Å². The number of nitrogens with zero attached hydrogens (tertiary/aromatic N) is 1. The molecule has 0 radical (unpaired) electrons. The van der Waals surface area contributed by atoms with Gasteiger partial charge < -0.3 is 19.7 Å². The molecule has 0 bridgehead atoms. The number of rotatable bonds is 4. The third-order valence-electron chi connectivity index (χ3n) is 5.79. The molecule has 148 valence electrons. The minimum atomic E-state index is -0.351. The van der Waals surface area contributed by atoms with Crippen LogP contribution in [0.2, 0.25) is 0 Å². The average Bonchev–Trinajstić information content (AvgIpc) is 3.28. The number of carbonyl (C=O) groups excluding carboxylic acids is 1. The van der Waals surface area contributed by atoms with Crippen LogP contribution in [0.15, 0.2) is 42.5 Å².